The van der Waals surface area contributed by atoms with Gasteiger partial charge in [-0.1, -0.05) is 11.6 Å². The van der Waals surface area contributed by atoms with E-state index in [2.05, 4.69) is 21.8 Å². The van der Waals surface area contributed by atoms with Crippen LogP contribution in [0.2, 0.25) is 5.02 Å². The van der Waals surface area contributed by atoms with Crippen LogP contribution in [0.4, 0.5) is 10.6 Å². The molecule has 5 rings (SSSR count). The van der Waals surface area contributed by atoms with E-state index in [0.29, 0.717) is 29.6 Å². The second kappa shape index (κ2) is 9.89. The van der Waals surface area contributed by atoms with Gasteiger partial charge in [-0.3, -0.25) is 4.57 Å². The van der Waals surface area contributed by atoms with E-state index in [-0.39, 0.29) is 18.2 Å². The number of halogens is 1. The fourth-order valence-corrected chi connectivity index (χ4v) is 5.29. The summed E-state index contributed by atoms with van der Waals surface area (Å²) in [4.78, 5) is 31.0. The number of anilines is 1. The van der Waals surface area contributed by atoms with E-state index < -0.39 is 23.9 Å². The summed E-state index contributed by atoms with van der Waals surface area (Å²) in [6.07, 6.45) is 4.87. The molecule has 0 bridgehead atoms. The second-order valence-corrected chi connectivity index (χ2v) is 13.2. The molecule has 0 saturated carbocycles. The van der Waals surface area contributed by atoms with Gasteiger partial charge >= 0.3 is 13.2 Å². The lowest BCUT2D eigenvalue weighted by molar-refractivity contribution is 0.00578. The smallest absolute Gasteiger partial charge is 0.444 e. The summed E-state index contributed by atoms with van der Waals surface area (Å²) in [6, 6.07) is 3.38. The standard InChI is InChI=1S/C28H38BClN6O4/c1-17-14-35(25(37)38-26(3,4)5)18(2)13-34(17)23-22-20(29-39-27(6,7)28(8,9)40-29)15-36(24(22)33-16-32-23)21-12-19(30)10-11-31-21/h10-12,15-18H,13-14H2,1-9H3/t17-,18+/m0/s1. The summed E-state index contributed by atoms with van der Waals surface area (Å²) in [5.74, 6) is 1.37. The molecule has 2 saturated heterocycles. The Morgan fingerprint density at radius 2 is 1.75 bits per heavy atom. The van der Waals surface area contributed by atoms with E-state index in [1.54, 1.807) is 29.6 Å². The third-order valence-electron chi connectivity index (χ3n) is 7.94. The largest absolute Gasteiger partial charge is 0.497 e. The molecule has 2 fully saturated rings. The van der Waals surface area contributed by atoms with Gasteiger partial charge in [0.15, 0.2) is 5.65 Å². The Hall–Kier alpha value is -2.89. The minimum Gasteiger partial charge on any atom is -0.444 e. The highest BCUT2D eigenvalue weighted by molar-refractivity contribution is 6.65. The monoisotopic (exact) mass is 568 g/mol. The SMILES string of the molecule is C[C@@H]1CN(c2ncnc3c2c(B2OC(C)(C)C(C)(C)O2)cn3-c2cc(Cl)ccn2)[C@@H](C)CN1C(=O)OC(C)(C)C. The van der Waals surface area contributed by atoms with Crippen molar-refractivity contribution in [3.05, 3.63) is 35.9 Å². The Labute approximate surface area is 241 Å². The lowest BCUT2D eigenvalue weighted by Gasteiger charge is -2.44. The van der Waals surface area contributed by atoms with E-state index >= 15 is 0 Å². The first kappa shape index (κ1) is 28.6. The minimum absolute atomic E-state index is 0.0411. The van der Waals surface area contributed by atoms with Crippen molar-refractivity contribution in [2.45, 2.75) is 91.2 Å². The summed E-state index contributed by atoms with van der Waals surface area (Å²) >= 11 is 6.34. The maximum atomic E-state index is 13.0. The number of ether oxygens (including phenoxy) is 1. The molecule has 2 aliphatic heterocycles. The summed E-state index contributed by atoms with van der Waals surface area (Å²) in [5.41, 5.74) is -0.154. The molecular weight excluding hydrogens is 531 g/mol. The van der Waals surface area contributed by atoms with Gasteiger partial charge in [0.1, 0.15) is 23.6 Å². The molecule has 3 aromatic heterocycles. The first-order valence-corrected chi connectivity index (χ1v) is 14.1. The van der Waals surface area contributed by atoms with Crippen LogP contribution >= 0.6 is 11.6 Å². The van der Waals surface area contributed by atoms with E-state index in [4.69, 9.17) is 30.6 Å². The van der Waals surface area contributed by atoms with Crippen LogP contribution in [0.1, 0.15) is 62.3 Å². The quantitative estimate of drug-likeness (QED) is 0.423. The van der Waals surface area contributed by atoms with Gasteiger partial charge in [0.05, 0.1) is 16.6 Å². The number of carbonyl (C=O) groups excluding carboxylic acids is 1. The van der Waals surface area contributed by atoms with Gasteiger partial charge in [0.25, 0.3) is 0 Å². The number of nitrogens with zero attached hydrogens (tertiary/aromatic N) is 6. The van der Waals surface area contributed by atoms with Crippen LogP contribution in [0, 0.1) is 0 Å². The third-order valence-corrected chi connectivity index (χ3v) is 8.17. The van der Waals surface area contributed by atoms with Gasteiger partial charge in [-0.2, -0.15) is 0 Å². The van der Waals surface area contributed by atoms with Crippen molar-refractivity contribution in [3.8, 4) is 5.82 Å². The number of fused-ring (bicyclic) bond motifs is 1. The normalized spacial score (nSPS) is 22.7. The van der Waals surface area contributed by atoms with Crippen LogP contribution in [0.25, 0.3) is 16.9 Å². The van der Waals surface area contributed by atoms with Crippen molar-refractivity contribution < 1.29 is 18.8 Å². The molecule has 0 N–H and O–H groups in total. The van der Waals surface area contributed by atoms with Crippen LogP contribution < -0.4 is 10.4 Å². The van der Waals surface area contributed by atoms with Crippen molar-refractivity contribution in [1.29, 1.82) is 0 Å². The van der Waals surface area contributed by atoms with E-state index in [1.165, 1.54) is 0 Å². The van der Waals surface area contributed by atoms with Gasteiger partial charge in [-0.15, -0.1) is 0 Å². The van der Waals surface area contributed by atoms with E-state index in [9.17, 15) is 4.79 Å². The van der Waals surface area contributed by atoms with Crippen LogP contribution in [-0.4, -0.2) is 79.6 Å². The number of aromatic nitrogens is 4. The molecule has 0 radical (unpaired) electrons. The van der Waals surface area contributed by atoms with Gasteiger partial charge in [0.2, 0.25) is 0 Å². The Bertz CT molecular complexity index is 1420. The van der Waals surface area contributed by atoms with Crippen molar-refractivity contribution in [2.75, 3.05) is 18.0 Å². The van der Waals surface area contributed by atoms with Crippen LogP contribution in [-0.2, 0) is 14.0 Å². The molecule has 214 valence electrons. The maximum absolute atomic E-state index is 13.0. The summed E-state index contributed by atoms with van der Waals surface area (Å²) in [5, 5.41) is 1.38. The Balaban J connectivity index is 1.60. The zero-order chi connectivity index (χ0) is 29.2. The Morgan fingerprint density at radius 1 is 1.07 bits per heavy atom. The molecule has 5 heterocycles. The fourth-order valence-electron chi connectivity index (χ4n) is 5.14. The summed E-state index contributed by atoms with van der Waals surface area (Å²) in [6.45, 7) is 18.9. The highest BCUT2D eigenvalue weighted by Crippen LogP contribution is 2.38. The lowest BCUT2D eigenvalue weighted by atomic mass is 9.79. The molecular formula is C28H38BClN6O4. The number of hydrogen-bond acceptors (Lipinski definition) is 8. The molecule has 0 unspecified atom stereocenters. The molecule has 0 spiro atoms. The number of rotatable bonds is 3. The summed E-state index contributed by atoms with van der Waals surface area (Å²) in [7, 11) is -0.645. The fraction of sp³-hybridized carbons (Fsp3) is 0.571. The number of piperazine rings is 1. The molecule has 0 aliphatic carbocycles. The predicted octanol–water partition coefficient (Wildman–Crippen LogP) is 4.60. The number of carbonyl (C=O) groups is 1. The van der Waals surface area contributed by atoms with E-state index in [0.717, 1.165) is 16.7 Å². The Kier molecular flexibility index (Phi) is 7.08. The molecule has 10 nitrogen and oxygen atoms in total. The molecule has 2 aliphatic rings. The van der Waals surface area contributed by atoms with Crippen LogP contribution in [0.5, 0.6) is 0 Å². The molecule has 0 aromatic carbocycles. The molecule has 1 amide bonds. The zero-order valence-electron chi connectivity index (χ0n) is 24.7. The maximum Gasteiger partial charge on any atom is 0.497 e. The first-order valence-electron chi connectivity index (χ1n) is 13.7. The Morgan fingerprint density at radius 3 is 2.38 bits per heavy atom. The minimum atomic E-state index is -0.645. The van der Waals surface area contributed by atoms with Crippen LogP contribution in [0.15, 0.2) is 30.9 Å². The molecule has 3 aromatic rings. The predicted molar refractivity (Wildman–Crippen MR) is 157 cm³/mol. The van der Waals surface area contributed by atoms with Crippen molar-refractivity contribution >= 4 is 47.1 Å². The van der Waals surface area contributed by atoms with Crippen molar-refractivity contribution in [1.82, 2.24) is 24.4 Å². The average Bonchev–Trinajstić information content (AvgIpc) is 3.33. The van der Waals surface area contributed by atoms with Gasteiger partial charge < -0.3 is 23.8 Å². The summed E-state index contributed by atoms with van der Waals surface area (Å²) < 4.78 is 20.6. The van der Waals surface area contributed by atoms with Crippen molar-refractivity contribution in [2.24, 2.45) is 0 Å². The molecule has 12 heteroatoms. The highest BCUT2D eigenvalue weighted by atomic mass is 35.5. The second-order valence-electron chi connectivity index (χ2n) is 12.8. The topological polar surface area (TPSA) is 94.8 Å². The van der Waals surface area contributed by atoms with E-state index in [1.807, 2.05) is 66.2 Å². The first-order chi connectivity index (χ1) is 18.6. The highest BCUT2D eigenvalue weighted by Gasteiger charge is 2.53. The number of hydrogen-bond donors (Lipinski definition) is 0. The molecule has 40 heavy (non-hydrogen) atoms. The van der Waals surface area contributed by atoms with Gasteiger partial charge in [0, 0.05) is 54.1 Å². The van der Waals surface area contributed by atoms with Gasteiger partial charge in [-0.25, -0.2) is 19.7 Å². The van der Waals surface area contributed by atoms with Crippen molar-refractivity contribution in [3.63, 3.8) is 0 Å². The van der Waals surface area contributed by atoms with Crippen LogP contribution in [0.3, 0.4) is 0 Å². The third kappa shape index (κ3) is 5.15. The van der Waals surface area contributed by atoms with Gasteiger partial charge in [-0.05, 0) is 68.4 Å². The number of amides is 1. The lowest BCUT2D eigenvalue weighted by Crippen LogP contribution is -2.59. The average molecular weight is 569 g/mol. The number of pyridine rings is 1. The zero-order valence-corrected chi connectivity index (χ0v) is 25.5. The molecule has 2 atom stereocenters.